The minimum absolute atomic E-state index is 0.187. The molecule has 1 aromatic heterocycles. The molecule has 1 saturated carbocycles. The van der Waals surface area contributed by atoms with Crippen LogP contribution < -0.4 is 5.32 Å². The number of hydrogen-bond donors (Lipinski definition) is 1. The summed E-state index contributed by atoms with van der Waals surface area (Å²) in [6.07, 6.45) is 2.17. The molecule has 0 unspecified atom stereocenters. The summed E-state index contributed by atoms with van der Waals surface area (Å²) in [6.45, 7) is -1.08. The Balaban J connectivity index is 2.00. The van der Waals surface area contributed by atoms with Crippen LogP contribution in [0.2, 0.25) is 0 Å². The third kappa shape index (κ3) is 2.76. The maximum Gasteiger partial charge on any atom is 0.490 e. The average molecular weight is 261 g/mol. The van der Waals surface area contributed by atoms with E-state index in [-0.39, 0.29) is 6.04 Å². The van der Waals surface area contributed by atoms with Crippen LogP contribution >= 0.6 is 0 Å². The highest BCUT2D eigenvalue weighted by atomic mass is 19.3. The van der Waals surface area contributed by atoms with Gasteiger partial charge in [0.1, 0.15) is 6.54 Å². The van der Waals surface area contributed by atoms with E-state index in [1.165, 1.54) is 0 Å². The Morgan fingerprint density at radius 3 is 2.83 bits per heavy atom. The number of carbonyl (C=O) groups excluding carboxylic acids is 1. The van der Waals surface area contributed by atoms with E-state index in [0.717, 1.165) is 6.33 Å². The fourth-order valence-corrected chi connectivity index (χ4v) is 1.24. The molecule has 0 radical (unpaired) electrons. The fourth-order valence-electron chi connectivity index (χ4n) is 1.24. The largest absolute Gasteiger partial charge is 0.490 e. The zero-order chi connectivity index (χ0) is 13.3. The lowest BCUT2D eigenvalue weighted by molar-refractivity contribution is -0.394. The van der Waals surface area contributed by atoms with E-state index >= 15 is 0 Å². The van der Waals surface area contributed by atoms with E-state index in [1.54, 1.807) is 0 Å². The SMILES string of the molecule is O=C(NC1CC1)C(F)(F)Cn1cnc([N+](=O)[O-])n1. The monoisotopic (exact) mass is 261 g/mol. The van der Waals surface area contributed by atoms with Crippen LogP contribution in [0.1, 0.15) is 12.8 Å². The highest BCUT2D eigenvalue weighted by molar-refractivity contribution is 5.83. The molecule has 0 saturated heterocycles. The summed E-state index contributed by atoms with van der Waals surface area (Å²) < 4.78 is 27.4. The highest BCUT2D eigenvalue weighted by Gasteiger charge is 2.43. The Bertz CT molecular complexity index is 485. The number of alkyl halides is 2. The Hall–Kier alpha value is -2.13. The van der Waals surface area contributed by atoms with Crippen LogP contribution in [0.5, 0.6) is 0 Å². The summed E-state index contributed by atoms with van der Waals surface area (Å²) in [5.74, 6) is -5.86. The number of amides is 1. The second-order valence-corrected chi connectivity index (χ2v) is 3.95. The first-order chi connectivity index (χ1) is 8.38. The molecule has 1 fully saturated rings. The lowest BCUT2D eigenvalue weighted by atomic mass is 10.3. The number of nitro groups is 1. The van der Waals surface area contributed by atoms with Gasteiger partial charge in [0, 0.05) is 11.1 Å². The van der Waals surface area contributed by atoms with E-state index < -0.39 is 29.2 Å². The molecule has 1 aliphatic rings. The van der Waals surface area contributed by atoms with Crippen LogP contribution in [0.25, 0.3) is 0 Å². The molecule has 2 rings (SSSR count). The van der Waals surface area contributed by atoms with Gasteiger partial charge in [0.2, 0.25) is 6.33 Å². The third-order valence-electron chi connectivity index (χ3n) is 2.29. The summed E-state index contributed by atoms with van der Waals surface area (Å²) in [4.78, 5) is 23.8. The molecule has 0 aliphatic heterocycles. The van der Waals surface area contributed by atoms with Crippen molar-refractivity contribution in [3.63, 3.8) is 0 Å². The second kappa shape index (κ2) is 4.27. The number of halogens is 2. The predicted octanol–water partition coefficient (Wildman–Crippen LogP) is 0.100. The summed E-state index contributed by atoms with van der Waals surface area (Å²) in [5, 5.41) is 15.6. The lowest BCUT2D eigenvalue weighted by Crippen LogP contribution is -2.44. The molecule has 1 N–H and O–H groups in total. The Kier molecular flexibility index (Phi) is 2.93. The van der Waals surface area contributed by atoms with E-state index in [9.17, 15) is 23.7 Å². The molecule has 1 amide bonds. The predicted molar refractivity (Wildman–Crippen MR) is 52.8 cm³/mol. The summed E-state index contributed by atoms with van der Waals surface area (Å²) >= 11 is 0. The zero-order valence-electron chi connectivity index (χ0n) is 9.05. The molecule has 18 heavy (non-hydrogen) atoms. The minimum atomic E-state index is -3.68. The first-order valence-corrected chi connectivity index (χ1v) is 5.11. The molecule has 98 valence electrons. The quantitative estimate of drug-likeness (QED) is 0.598. The lowest BCUT2D eigenvalue weighted by Gasteiger charge is -2.13. The van der Waals surface area contributed by atoms with E-state index in [0.29, 0.717) is 17.5 Å². The maximum atomic E-state index is 13.4. The van der Waals surface area contributed by atoms with Gasteiger partial charge < -0.3 is 15.4 Å². The van der Waals surface area contributed by atoms with Gasteiger partial charge in [-0.2, -0.15) is 13.5 Å². The van der Waals surface area contributed by atoms with Crippen molar-refractivity contribution in [3.8, 4) is 0 Å². The zero-order valence-corrected chi connectivity index (χ0v) is 9.05. The van der Waals surface area contributed by atoms with Gasteiger partial charge in [-0.25, -0.2) is 0 Å². The van der Waals surface area contributed by atoms with Crippen LogP contribution in [0, 0.1) is 10.1 Å². The van der Waals surface area contributed by atoms with Crippen LogP contribution in [-0.4, -0.2) is 37.6 Å². The van der Waals surface area contributed by atoms with Gasteiger partial charge >= 0.3 is 11.9 Å². The van der Waals surface area contributed by atoms with Gasteiger partial charge in [-0.15, -0.1) is 0 Å². The first kappa shape index (κ1) is 12.3. The van der Waals surface area contributed by atoms with Crippen molar-refractivity contribution in [2.24, 2.45) is 0 Å². The van der Waals surface area contributed by atoms with Crippen molar-refractivity contribution in [3.05, 3.63) is 16.4 Å². The van der Waals surface area contributed by atoms with Crippen LogP contribution in [0.3, 0.4) is 0 Å². The van der Waals surface area contributed by atoms with Gasteiger partial charge in [0.25, 0.3) is 5.91 Å². The van der Waals surface area contributed by atoms with E-state index in [2.05, 4.69) is 15.4 Å². The standard InChI is InChI=1S/C8H9F2N5O3/c9-8(10,6(16)12-5-1-2-5)3-14-4-11-7(13-14)15(17)18/h4-5H,1-3H2,(H,12,16). The Morgan fingerprint density at radius 2 is 2.33 bits per heavy atom. The number of rotatable bonds is 5. The number of nitrogens with one attached hydrogen (secondary N) is 1. The minimum Gasteiger partial charge on any atom is -0.390 e. The van der Waals surface area contributed by atoms with Crippen LogP contribution in [-0.2, 0) is 11.3 Å². The molecular weight excluding hydrogens is 252 g/mol. The molecule has 10 heteroatoms. The van der Waals surface area contributed by atoms with Crippen LogP contribution in [0.4, 0.5) is 14.7 Å². The van der Waals surface area contributed by atoms with Crippen molar-refractivity contribution in [2.75, 3.05) is 0 Å². The van der Waals surface area contributed by atoms with Crippen molar-refractivity contribution in [1.82, 2.24) is 20.1 Å². The van der Waals surface area contributed by atoms with Gasteiger partial charge in [0.05, 0.1) is 0 Å². The first-order valence-electron chi connectivity index (χ1n) is 5.11. The molecule has 1 aliphatic carbocycles. The van der Waals surface area contributed by atoms with Crippen molar-refractivity contribution in [2.45, 2.75) is 31.4 Å². The van der Waals surface area contributed by atoms with Gasteiger partial charge in [-0.1, -0.05) is 4.98 Å². The fraction of sp³-hybridized carbons (Fsp3) is 0.625. The normalized spacial score (nSPS) is 15.4. The molecule has 0 atom stereocenters. The molecule has 0 aromatic carbocycles. The topological polar surface area (TPSA) is 103 Å². The Morgan fingerprint density at radius 1 is 1.67 bits per heavy atom. The molecule has 8 nitrogen and oxygen atoms in total. The third-order valence-corrected chi connectivity index (χ3v) is 2.29. The van der Waals surface area contributed by atoms with Crippen molar-refractivity contribution < 1.29 is 18.5 Å². The van der Waals surface area contributed by atoms with Crippen molar-refractivity contribution >= 4 is 11.9 Å². The number of carbonyl (C=O) groups is 1. The summed E-state index contributed by atoms with van der Waals surface area (Å²) in [5.41, 5.74) is 0. The van der Waals surface area contributed by atoms with Crippen molar-refractivity contribution in [1.29, 1.82) is 0 Å². The van der Waals surface area contributed by atoms with Gasteiger partial charge in [-0.05, 0) is 17.8 Å². The molecule has 0 spiro atoms. The molecular formula is C8H9F2N5O3. The number of aromatic nitrogens is 3. The molecule has 1 aromatic rings. The number of nitrogens with zero attached hydrogens (tertiary/aromatic N) is 4. The van der Waals surface area contributed by atoms with E-state index in [4.69, 9.17) is 0 Å². The summed E-state index contributed by atoms with van der Waals surface area (Å²) in [7, 11) is 0. The van der Waals surface area contributed by atoms with Gasteiger partial charge in [0.15, 0.2) is 0 Å². The summed E-state index contributed by atoms with van der Waals surface area (Å²) in [6, 6.07) is -0.187. The second-order valence-electron chi connectivity index (χ2n) is 3.95. The molecule has 1 heterocycles. The average Bonchev–Trinajstić information content (AvgIpc) is 2.95. The van der Waals surface area contributed by atoms with Crippen LogP contribution in [0.15, 0.2) is 6.33 Å². The van der Waals surface area contributed by atoms with Gasteiger partial charge in [-0.3, -0.25) is 4.79 Å². The number of hydrogen-bond acceptors (Lipinski definition) is 5. The molecule has 0 bridgehead atoms. The maximum absolute atomic E-state index is 13.4. The highest BCUT2D eigenvalue weighted by Crippen LogP contribution is 2.23. The smallest absolute Gasteiger partial charge is 0.390 e. The Labute approximate surface area is 99.1 Å². The van der Waals surface area contributed by atoms with E-state index in [1.807, 2.05) is 0 Å².